The minimum Gasteiger partial charge on any atom is -0.340 e. The summed E-state index contributed by atoms with van der Waals surface area (Å²) in [5.74, 6) is -1.25. The van der Waals surface area contributed by atoms with Gasteiger partial charge in [-0.1, -0.05) is 17.7 Å². The third-order valence-corrected chi connectivity index (χ3v) is 4.75. The van der Waals surface area contributed by atoms with Gasteiger partial charge in [0.25, 0.3) is 5.91 Å². The predicted molar refractivity (Wildman–Crippen MR) is 125 cm³/mol. The molecule has 33 heavy (non-hydrogen) atoms. The molecule has 0 aliphatic carbocycles. The van der Waals surface area contributed by atoms with Crippen LogP contribution in [0, 0.1) is 25.5 Å². The van der Waals surface area contributed by atoms with Crippen molar-refractivity contribution in [3.63, 3.8) is 0 Å². The van der Waals surface area contributed by atoms with E-state index >= 15 is 0 Å². The summed E-state index contributed by atoms with van der Waals surface area (Å²) in [4.78, 5) is 21.2. The molecule has 3 aromatic carbocycles. The Morgan fingerprint density at radius 1 is 0.758 bits per heavy atom. The van der Waals surface area contributed by atoms with Gasteiger partial charge in [-0.25, -0.2) is 13.8 Å². The summed E-state index contributed by atoms with van der Waals surface area (Å²) in [6, 6.07) is 19.4. The minimum atomic E-state index is -0.917. The second kappa shape index (κ2) is 9.44. The quantitative estimate of drug-likeness (QED) is 0.334. The van der Waals surface area contributed by atoms with Crippen LogP contribution in [0.25, 0.3) is 0 Å². The molecule has 166 valence electrons. The lowest BCUT2D eigenvalue weighted by Gasteiger charge is -2.11. The fourth-order valence-corrected chi connectivity index (χ4v) is 3.11. The maximum Gasteiger partial charge on any atom is 0.258 e. The van der Waals surface area contributed by atoms with Crippen molar-refractivity contribution in [1.29, 1.82) is 0 Å². The standard InChI is InChI=1S/C25H21F2N5O/c1-15-3-6-20(7-4-15)31-25-28-16(2)13-23(32-25)29-18-8-10-19(11-9-18)30-24(33)21-12-5-17(26)14-22(21)27/h3-14H,1-2H3,(H,30,33)(H2,28,29,31,32). The van der Waals surface area contributed by atoms with Gasteiger partial charge in [-0.15, -0.1) is 0 Å². The van der Waals surface area contributed by atoms with Crippen molar-refractivity contribution in [2.45, 2.75) is 13.8 Å². The number of aromatic nitrogens is 2. The topological polar surface area (TPSA) is 78.9 Å². The number of carbonyl (C=O) groups is 1. The van der Waals surface area contributed by atoms with Crippen LogP contribution in [0.5, 0.6) is 0 Å². The lowest BCUT2D eigenvalue weighted by atomic mass is 10.2. The van der Waals surface area contributed by atoms with Crippen molar-refractivity contribution in [3.05, 3.63) is 101 Å². The number of benzene rings is 3. The molecule has 3 N–H and O–H groups in total. The molecule has 1 heterocycles. The number of nitrogens with one attached hydrogen (secondary N) is 3. The first kappa shape index (κ1) is 21.9. The highest BCUT2D eigenvalue weighted by molar-refractivity contribution is 6.04. The summed E-state index contributed by atoms with van der Waals surface area (Å²) < 4.78 is 26.8. The SMILES string of the molecule is Cc1ccc(Nc2nc(C)cc(Nc3ccc(NC(=O)c4ccc(F)cc4F)cc3)n2)cc1. The molecule has 0 aliphatic rings. The van der Waals surface area contributed by atoms with E-state index in [-0.39, 0.29) is 5.56 Å². The Bertz CT molecular complexity index is 1290. The molecule has 0 spiro atoms. The molecule has 0 saturated heterocycles. The van der Waals surface area contributed by atoms with Gasteiger partial charge in [0.15, 0.2) is 0 Å². The van der Waals surface area contributed by atoms with Crippen molar-refractivity contribution in [1.82, 2.24) is 9.97 Å². The first-order valence-electron chi connectivity index (χ1n) is 10.2. The fraction of sp³-hybridized carbons (Fsp3) is 0.0800. The fourth-order valence-electron chi connectivity index (χ4n) is 3.11. The smallest absolute Gasteiger partial charge is 0.258 e. The van der Waals surface area contributed by atoms with Gasteiger partial charge in [0.05, 0.1) is 5.56 Å². The summed E-state index contributed by atoms with van der Waals surface area (Å²) in [5, 5.41) is 8.98. The molecule has 0 aliphatic heterocycles. The Balaban J connectivity index is 1.43. The van der Waals surface area contributed by atoms with Crippen molar-refractivity contribution < 1.29 is 13.6 Å². The molecule has 1 amide bonds. The van der Waals surface area contributed by atoms with E-state index < -0.39 is 17.5 Å². The maximum atomic E-state index is 13.8. The van der Waals surface area contributed by atoms with Crippen molar-refractivity contribution in [3.8, 4) is 0 Å². The first-order valence-corrected chi connectivity index (χ1v) is 10.2. The van der Waals surface area contributed by atoms with E-state index in [4.69, 9.17) is 0 Å². The van der Waals surface area contributed by atoms with Crippen molar-refractivity contribution in [2.75, 3.05) is 16.0 Å². The molecule has 0 atom stereocenters. The molecule has 0 radical (unpaired) electrons. The van der Waals surface area contributed by atoms with Crippen LogP contribution in [0.15, 0.2) is 72.8 Å². The van der Waals surface area contributed by atoms with E-state index in [0.717, 1.165) is 34.8 Å². The zero-order valence-electron chi connectivity index (χ0n) is 18.0. The Kier molecular flexibility index (Phi) is 6.26. The average Bonchev–Trinajstić information content (AvgIpc) is 2.76. The Hall–Kier alpha value is -4.33. The van der Waals surface area contributed by atoms with E-state index in [1.165, 1.54) is 0 Å². The molecular weight excluding hydrogens is 424 g/mol. The molecule has 0 unspecified atom stereocenters. The molecule has 0 bridgehead atoms. The zero-order chi connectivity index (χ0) is 23.4. The number of halogens is 2. The van der Waals surface area contributed by atoms with Crippen LogP contribution >= 0.6 is 0 Å². The van der Waals surface area contributed by atoms with Gasteiger partial charge < -0.3 is 16.0 Å². The molecule has 4 aromatic rings. The second-order valence-electron chi connectivity index (χ2n) is 7.49. The largest absolute Gasteiger partial charge is 0.340 e. The monoisotopic (exact) mass is 445 g/mol. The van der Waals surface area contributed by atoms with E-state index in [0.29, 0.717) is 23.5 Å². The highest BCUT2D eigenvalue weighted by Gasteiger charge is 2.13. The van der Waals surface area contributed by atoms with Gasteiger partial charge in [-0.2, -0.15) is 4.98 Å². The van der Waals surface area contributed by atoms with E-state index in [2.05, 4.69) is 25.9 Å². The van der Waals surface area contributed by atoms with Crippen LogP contribution in [-0.2, 0) is 0 Å². The molecule has 4 rings (SSSR count). The van der Waals surface area contributed by atoms with Crippen LogP contribution in [0.4, 0.5) is 37.6 Å². The van der Waals surface area contributed by atoms with Crippen molar-refractivity contribution in [2.24, 2.45) is 0 Å². The number of hydrogen-bond donors (Lipinski definition) is 3. The molecule has 8 heteroatoms. The van der Waals surface area contributed by atoms with E-state index in [9.17, 15) is 13.6 Å². The number of carbonyl (C=O) groups excluding carboxylic acids is 1. The number of rotatable bonds is 6. The Morgan fingerprint density at radius 3 is 2.09 bits per heavy atom. The number of anilines is 5. The summed E-state index contributed by atoms with van der Waals surface area (Å²) in [7, 11) is 0. The van der Waals surface area contributed by atoms with E-state index in [1.807, 2.05) is 44.2 Å². The minimum absolute atomic E-state index is 0.233. The van der Waals surface area contributed by atoms with Crippen LogP contribution in [0.2, 0.25) is 0 Å². The van der Waals surface area contributed by atoms with E-state index in [1.54, 1.807) is 24.3 Å². The number of amides is 1. The van der Waals surface area contributed by atoms with Crippen LogP contribution < -0.4 is 16.0 Å². The lowest BCUT2D eigenvalue weighted by Crippen LogP contribution is -2.13. The van der Waals surface area contributed by atoms with Crippen molar-refractivity contribution >= 4 is 34.7 Å². The summed E-state index contributed by atoms with van der Waals surface area (Å²) in [5.41, 5.74) is 3.80. The molecular formula is C25H21F2N5O. The average molecular weight is 445 g/mol. The highest BCUT2D eigenvalue weighted by atomic mass is 19.1. The zero-order valence-corrected chi connectivity index (χ0v) is 18.0. The summed E-state index contributed by atoms with van der Waals surface area (Å²) in [6.45, 7) is 3.90. The third-order valence-electron chi connectivity index (χ3n) is 4.75. The lowest BCUT2D eigenvalue weighted by molar-refractivity contribution is 0.102. The maximum absolute atomic E-state index is 13.8. The normalized spacial score (nSPS) is 10.5. The Labute approximate surface area is 189 Å². The number of hydrogen-bond acceptors (Lipinski definition) is 5. The number of nitrogens with zero attached hydrogens (tertiary/aromatic N) is 2. The predicted octanol–water partition coefficient (Wildman–Crippen LogP) is 6.11. The van der Waals surface area contributed by atoms with Gasteiger partial charge in [0.2, 0.25) is 5.95 Å². The first-order chi connectivity index (χ1) is 15.9. The van der Waals surface area contributed by atoms with Gasteiger partial charge in [-0.05, 0) is 62.4 Å². The molecule has 0 saturated carbocycles. The highest BCUT2D eigenvalue weighted by Crippen LogP contribution is 2.21. The summed E-state index contributed by atoms with van der Waals surface area (Å²) >= 11 is 0. The Morgan fingerprint density at radius 2 is 1.39 bits per heavy atom. The van der Waals surface area contributed by atoms with Gasteiger partial charge in [0, 0.05) is 34.9 Å². The van der Waals surface area contributed by atoms with Crippen LogP contribution in [0.3, 0.4) is 0 Å². The van der Waals surface area contributed by atoms with Gasteiger partial charge >= 0.3 is 0 Å². The van der Waals surface area contributed by atoms with Gasteiger partial charge in [-0.3, -0.25) is 4.79 Å². The molecule has 6 nitrogen and oxygen atoms in total. The van der Waals surface area contributed by atoms with Gasteiger partial charge in [0.1, 0.15) is 17.5 Å². The molecule has 1 aromatic heterocycles. The van der Waals surface area contributed by atoms with Crippen LogP contribution in [0.1, 0.15) is 21.6 Å². The summed E-state index contributed by atoms with van der Waals surface area (Å²) in [6.07, 6.45) is 0. The third kappa shape index (κ3) is 5.68. The second-order valence-corrected chi connectivity index (χ2v) is 7.49. The van der Waals surface area contributed by atoms with Crippen LogP contribution in [-0.4, -0.2) is 15.9 Å². The molecule has 0 fully saturated rings. The number of aryl methyl sites for hydroxylation is 2.